The van der Waals surface area contributed by atoms with Crippen LogP contribution < -0.4 is 0 Å². The van der Waals surface area contributed by atoms with Gasteiger partial charge < -0.3 is 0 Å². The van der Waals surface area contributed by atoms with Crippen molar-refractivity contribution in [3.63, 3.8) is 0 Å². The van der Waals surface area contributed by atoms with Crippen LogP contribution in [0.25, 0.3) is 0 Å². The Labute approximate surface area is 74.7 Å². The molecule has 0 aliphatic carbocycles. The molecule has 0 amide bonds. The predicted octanol–water partition coefficient (Wildman–Crippen LogP) is -2.37. The second kappa shape index (κ2) is 18.2. The molecule has 4 heavy (non-hydrogen) atoms. The first kappa shape index (κ1) is 32.6. The summed E-state index contributed by atoms with van der Waals surface area (Å²) in [5, 5.41) is 0. The molecule has 0 aromatic heterocycles. The van der Waals surface area contributed by atoms with E-state index >= 15 is 0 Å². The molecule has 0 aromatic carbocycles. The molecule has 0 saturated heterocycles. The average molecular weight is 320 g/mol. The minimum atomic E-state index is 0. The van der Waals surface area contributed by atoms with Gasteiger partial charge in [-0.3, -0.25) is 0 Å². The molecule has 0 bridgehead atoms. The van der Waals surface area contributed by atoms with Crippen LogP contribution in [0.1, 0.15) is 0 Å². The van der Waals surface area contributed by atoms with Gasteiger partial charge in [0.1, 0.15) is 0 Å². The summed E-state index contributed by atoms with van der Waals surface area (Å²) >= 11 is 0. The molecule has 0 nitrogen and oxygen atoms in total. The Bertz CT molecular complexity index is 8.00. The van der Waals surface area contributed by atoms with E-state index in [1.54, 1.807) is 0 Å². The zero-order valence-electron chi connectivity index (χ0n) is 2.06. The van der Waals surface area contributed by atoms with Crippen molar-refractivity contribution in [1.29, 1.82) is 0 Å². The summed E-state index contributed by atoms with van der Waals surface area (Å²) in [6.07, 6.45) is 0. The molecule has 0 saturated carbocycles. The fraction of sp³-hybridized carbons (Fsp3) is 0. The van der Waals surface area contributed by atoms with E-state index in [0.29, 0.717) is 0 Å². The molecular formula is H6AsCoNiSb. The van der Waals surface area contributed by atoms with E-state index < -0.39 is 0 Å². The minimum absolute atomic E-state index is 0. The van der Waals surface area contributed by atoms with Crippen molar-refractivity contribution in [3.8, 4) is 0 Å². The van der Waals surface area contributed by atoms with Gasteiger partial charge in [0.05, 0.1) is 0 Å². The first-order chi connectivity index (χ1) is 0. The Morgan fingerprint density at radius 1 is 1.00 bits per heavy atom. The Kier molecular flexibility index (Phi) is 149. The third-order valence-corrected chi connectivity index (χ3v) is 0. The molecule has 0 N–H and O–H groups in total. The van der Waals surface area contributed by atoms with Crippen LogP contribution in [0.4, 0.5) is 0 Å². The second-order valence-corrected chi connectivity index (χ2v) is 0. The van der Waals surface area contributed by atoms with E-state index in [4.69, 9.17) is 0 Å². The van der Waals surface area contributed by atoms with Gasteiger partial charge in [-0.1, -0.05) is 0 Å². The first-order valence-electron chi connectivity index (χ1n) is 0. The quantitative estimate of drug-likeness (QED) is 0.438. The van der Waals surface area contributed by atoms with Crippen LogP contribution in [0.5, 0.6) is 0 Å². The topological polar surface area (TPSA) is 0 Å². The van der Waals surface area contributed by atoms with Crippen LogP contribution in [0, 0.1) is 0 Å². The Morgan fingerprint density at radius 3 is 1.00 bits per heavy atom. The maximum absolute atomic E-state index is 0. The van der Waals surface area contributed by atoms with Crippen molar-refractivity contribution >= 4 is 42.4 Å². The summed E-state index contributed by atoms with van der Waals surface area (Å²) in [7, 11) is 0. The van der Waals surface area contributed by atoms with Gasteiger partial charge in [0.2, 0.25) is 0 Å². The molecule has 0 fully saturated rings. The van der Waals surface area contributed by atoms with Crippen molar-refractivity contribution < 1.29 is 33.3 Å². The zero-order chi connectivity index (χ0) is 0. The van der Waals surface area contributed by atoms with Gasteiger partial charge in [0, 0.05) is 33.3 Å². The second-order valence-electron chi connectivity index (χ2n) is 0. The van der Waals surface area contributed by atoms with E-state index in [0.717, 1.165) is 0 Å². The van der Waals surface area contributed by atoms with E-state index in [9.17, 15) is 0 Å². The van der Waals surface area contributed by atoms with E-state index in [1.165, 1.54) is 0 Å². The molecule has 0 rings (SSSR count). The summed E-state index contributed by atoms with van der Waals surface area (Å²) in [6, 6.07) is 0. The van der Waals surface area contributed by atoms with Crippen LogP contribution in [0.15, 0.2) is 0 Å². The van der Waals surface area contributed by atoms with Gasteiger partial charge >= 0.3 is 42.4 Å². The summed E-state index contributed by atoms with van der Waals surface area (Å²) < 4.78 is 0. The van der Waals surface area contributed by atoms with Gasteiger partial charge in [0.15, 0.2) is 0 Å². The zero-order valence-corrected chi connectivity index (χ0v) is 11.1. The molecule has 0 spiro atoms. The Hall–Kier alpha value is 2.38. The summed E-state index contributed by atoms with van der Waals surface area (Å²) in [6.45, 7) is 0. The van der Waals surface area contributed by atoms with Crippen LogP contribution in [-0.4, -0.2) is 42.4 Å². The molecular weight excluding hydrogens is 314 g/mol. The van der Waals surface area contributed by atoms with Crippen LogP contribution in [0.3, 0.4) is 0 Å². The van der Waals surface area contributed by atoms with Crippen molar-refractivity contribution in [3.05, 3.63) is 0 Å². The van der Waals surface area contributed by atoms with Gasteiger partial charge in [-0.2, -0.15) is 0 Å². The molecule has 1 atom stereocenters. The van der Waals surface area contributed by atoms with Gasteiger partial charge in [-0.15, -0.1) is 0 Å². The van der Waals surface area contributed by atoms with Crippen LogP contribution >= 0.6 is 0 Å². The van der Waals surface area contributed by atoms with Crippen molar-refractivity contribution in [2.75, 3.05) is 0 Å². The van der Waals surface area contributed by atoms with Crippen molar-refractivity contribution in [2.24, 2.45) is 0 Å². The summed E-state index contributed by atoms with van der Waals surface area (Å²) in [4.78, 5) is 0. The van der Waals surface area contributed by atoms with E-state index in [1.807, 2.05) is 0 Å². The third kappa shape index (κ3) is 8.83. The van der Waals surface area contributed by atoms with Gasteiger partial charge in [0.25, 0.3) is 0 Å². The summed E-state index contributed by atoms with van der Waals surface area (Å²) in [5.74, 6) is 0. The fourth-order valence-corrected chi connectivity index (χ4v) is 0. The fourth-order valence-electron chi connectivity index (χ4n) is 0. The normalized spacial score (nSPS) is 0. The maximum atomic E-state index is 0. The standard InChI is InChI=1S/AsH3.Co.Ni.Sb.3H/h1H3;;;;;;. The molecule has 1 unspecified atom stereocenters. The monoisotopic (exact) mass is 319 g/mol. The summed E-state index contributed by atoms with van der Waals surface area (Å²) in [5.41, 5.74) is 0. The third-order valence-electron chi connectivity index (χ3n) is 0. The first-order valence-corrected chi connectivity index (χ1v) is 0. The number of hydrogen-bond donors (Lipinski definition) is 0. The number of rotatable bonds is 0. The van der Waals surface area contributed by atoms with E-state index in [-0.39, 0.29) is 75.7 Å². The van der Waals surface area contributed by atoms with Gasteiger partial charge in [-0.05, 0) is 0 Å². The molecule has 0 aliphatic rings. The average Bonchev–Trinajstić information content (AvgIpc) is 0. The molecule has 1 radical (unpaired) electrons. The molecule has 0 aliphatic heterocycles. The molecule has 4 heteroatoms. The van der Waals surface area contributed by atoms with Crippen molar-refractivity contribution in [1.82, 2.24) is 0 Å². The van der Waals surface area contributed by atoms with Crippen LogP contribution in [-0.2, 0) is 33.3 Å². The van der Waals surface area contributed by atoms with E-state index in [2.05, 4.69) is 0 Å². The Morgan fingerprint density at radius 2 is 1.00 bits per heavy atom. The SMILES string of the molecule is [AsH3].[Co].[Ni].[SbH3]. The van der Waals surface area contributed by atoms with Crippen LogP contribution in [0.2, 0.25) is 0 Å². The number of hydrogen-bond acceptors (Lipinski definition) is 0. The molecule has 35 valence electrons. The predicted molar refractivity (Wildman–Crippen MR) is 19.9 cm³/mol. The molecule has 0 aromatic rings. The van der Waals surface area contributed by atoms with Gasteiger partial charge in [-0.25, -0.2) is 0 Å². The van der Waals surface area contributed by atoms with Crippen molar-refractivity contribution in [2.45, 2.75) is 0 Å². The Balaban J connectivity index is 0. The molecule has 0 heterocycles.